The normalized spacial score (nSPS) is 21.8. The third kappa shape index (κ3) is 3.10. The third-order valence-corrected chi connectivity index (χ3v) is 3.83. The van der Waals surface area contributed by atoms with Gasteiger partial charge in [0.25, 0.3) is 0 Å². The number of benzene rings is 1. The lowest BCUT2D eigenvalue weighted by Crippen LogP contribution is -2.33. The van der Waals surface area contributed by atoms with Crippen molar-refractivity contribution in [1.29, 1.82) is 0 Å². The van der Waals surface area contributed by atoms with Crippen molar-refractivity contribution in [3.05, 3.63) is 29.8 Å². The summed E-state index contributed by atoms with van der Waals surface area (Å²) in [4.78, 5) is 24.7. The molecule has 20 heavy (non-hydrogen) atoms. The van der Waals surface area contributed by atoms with Gasteiger partial charge in [0.15, 0.2) is 0 Å². The average Bonchev–Trinajstić information content (AvgIpc) is 2.82. The molecule has 0 bridgehead atoms. The van der Waals surface area contributed by atoms with Gasteiger partial charge in [-0.2, -0.15) is 0 Å². The third-order valence-electron chi connectivity index (χ3n) is 3.83. The van der Waals surface area contributed by atoms with Crippen LogP contribution in [0.1, 0.15) is 19.4 Å². The molecule has 1 aliphatic rings. The van der Waals surface area contributed by atoms with E-state index >= 15 is 0 Å². The predicted octanol–water partition coefficient (Wildman–Crippen LogP) is 2.43. The van der Waals surface area contributed by atoms with Crippen LogP contribution in [0, 0.1) is 11.8 Å². The number of aryl methyl sites for hydroxylation is 1. The fourth-order valence-electron chi connectivity index (χ4n) is 2.48. The van der Waals surface area contributed by atoms with E-state index in [0.29, 0.717) is 6.54 Å². The maximum Gasteiger partial charge on any atom is 0.321 e. The Morgan fingerprint density at radius 2 is 1.95 bits per heavy atom. The largest absolute Gasteiger partial charge is 0.481 e. The monoisotopic (exact) mass is 276 g/mol. The minimum absolute atomic E-state index is 0.0132. The van der Waals surface area contributed by atoms with Gasteiger partial charge in [-0.1, -0.05) is 26.0 Å². The molecule has 0 radical (unpaired) electrons. The number of carboxylic acid groups (broad SMARTS) is 1. The molecule has 2 N–H and O–H groups in total. The summed E-state index contributed by atoms with van der Waals surface area (Å²) in [6.07, 6.45) is 0.957. The minimum Gasteiger partial charge on any atom is -0.481 e. The second-order valence-electron chi connectivity index (χ2n) is 5.31. The number of rotatable bonds is 3. The lowest BCUT2D eigenvalue weighted by Gasteiger charge is -2.17. The summed E-state index contributed by atoms with van der Waals surface area (Å²) in [7, 11) is 0. The first-order chi connectivity index (χ1) is 9.51. The molecule has 2 rings (SSSR count). The van der Waals surface area contributed by atoms with E-state index in [2.05, 4.69) is 12.2 Å². The van der Waals surface area contributed by atoms with Crippen LogP contribution in [-0.2, 0) is 11.2 Å². The number of nitrogens with zero attached hydrogens (tertiary/aromatic N) is 1. The number of carboxylic acids is 1. The van der Waals surface area contributed by atoms with Gasteiger partial charge < -0.3 is 15.3 Å². The van der Waals surface area contributed by atoms with Crippen LogP contribution in [0.4, 0.5) is 10.5 Å². The number of carbonyl (C=O) groups is 2. The molecule has 2 amide bonds. The van der Waals surface area contributed by atoms with Crippen molar-refractivity contribution in [1.82, 2.24) is 4.90 Å². The Morgan fingerprint density at radius 1 is 1.30 bits per heavy atom. The van der Waals surface area contributed by atoms with Gasteiger partial charge in [-0.05, 0) is 30.0 Å². The van der Waals surface area contributed by atoms with Crippen molar-refractivity contribution in [2.75, 3.05) is 18.4 Å². The second-order valence-corrected chi connectivity index (χ2v) is 5.31. The first-order valence-corrected chi connectivity index (χ1v) is 6.89. The van der Waals surface area contributed by atoms with E-state index in [9.17, 15) is 9.59 Å². The fourth-order valence-corrected chi connectivity index (χ4v) is 2.48. The molecule has 5 heteroatoms. The quantitative estimate of drug-likeness (QED) is 0.890. The predicted molar refractivity (Wildman–Crippen MR) is 76.7 cm³/mol. The minimum atomic E-state index is -0.833. The summed E-state index contributed by atoms with van der Waals surface area (Å²) in [5.74, 6) is -1.32. The number of hydrogen-bond acceptors (Lipinski definition) is 2. The second kappa shape index (κ2) is 5.94. The highest BCUT2D eigenvalue weighted by Gasteiger charge is 2.36. The van der Waals surface area contributed by atoms with Crippen molar-refractivity contribution in [2.24, 2.45) is 11.8 Å². The molecule has 1 heterocycles. The molecule has 2 unspecified atom stereocenters. The topological polar surface area (TPSA) is 69.6 Å². The highest BCUT2D eigenvalue weighted by atomic mass is 16.4. The Labute approximate surface area is 118 Å². The van der Waals surface area contributed by atoms with Crippen LogP contribution in [0.2, 0.25) is 0 Å². The van der Waals surface area contributed by atoms with Crippen molar-refractivity contribution in [2.45, 2.75) is 20.3 Å². The zero-order chi connectivity index (χ0) is 14.7. The van der Waals surface area contributed by atoms with Crippen molar-refractivity contribution in [3.63, 3.8) is 0 Å². The number of nitrogens with one attached hydrogen (secondary N) is 1. The van der Waals surface area contributed by atoms with Crippen LogP contribution >= 0.6 is 0 Å². The molecule has 1 aromatic carbocycles. The van der Waals surface area contributed by atoms with E-state index in [-0.39, 0.29) is 18.5 Å². The molecule has 1 fully saturated rings. The Hall–Kier alpha value is -2.04. The lowest BCUT2D eigenvalue weighted by atomic mass is 9.99. The summed E-state index contributed by atoms with van der Waals surface area (Å²) < 4.78 is 0. The Kier molecular flexibility index (Phi) is 4.27. The molecule has 5 nitrogen and oxygen atoms in total. The van der Waals surface area contributed by atoms with Gasteiger partial charge in [0.2, 0.25) is 0 Å². The highest BCUT2D eigenvalue weighted by molar-refractivity contribution is 5.90. The van der Waals surface area contributed by atoms with Gasteiger partial charge in [0.05, 0.1) is 5.92 Å². The Balaban J connectivity index is 1.96. The number of amides is 2. The van der Waals surface area contributed by atoms with Crippen LogP contribution in [0.15, 0.2) is 24.3 Å². The van der Waals surface area contributed by atoms with E-state index in [1.54, 1.807) is 4.90 Å². The molecular formula is C15H20N2O3. The Bertz CT molecular complexity index is 498. The fraction of sp³-hybridized carbons (Fsp3) is 0.467. The zero-order valence-electron chi connectivity index (χ0n) is 11.8. The van der Waals surface area contributed by atoms with E-state index in [0.717, 1.165) is 12.1 Å². The van der Waals surface area contributed by atoms with Crippen LogP contribution in [0.5, 0.6) is 0 Å². The lowest BCUT2D eigenvalue weighted by molar-refractivity contribution is -0.142. The van der Waals surface area contributed by atoms with E-state index in [1.165, 1.54) is 5.56 Å². The molecular weight excluding hydrogens is 256 g/mol. The van der Waals surface area contributed by atoms with E-state index < -0.39 is 11.9 Å². The smallest absolute Gasteiger partial charge is 0.321 e. The van der Waals surface area contributed by atoms with Gasteiger partial charge in [0.1, 0.15) is 0 Å². The summed E-state index contributed by atoms with van der Waals surface area (Å²) in [5.41, 5.74) is 1.95. The molecule has 108 valence electrons. The van der Waals surface area contributed by atoms with Crippen molar-refractivity contribution < 1.29 is 14.7 Å². The molecule has 1 saturated heterocycles. The number of urea groups is 1. The molecule has 2 atom stereocenters. The number of likely N-dealkylation sites (tertiary alicyclic amines) is 1. The number of aliphatic carboxylic acids is 1. The number of carbonyl (C=O) groups excluding carboxylic acids is 1. The van der Waals surface area contributed by atoms with Gasteiger partial charge in [-0.3, -0.25) is 4.79 Å². The van der Waals surface area contributed by atoms with Crippen LogP contribution in [0.25, 0.3) is 0 Å². The standard InChI is InChI=1S/C15H20N2O3/c1-3-11-4-6-12(7-5-11)16-15(20)17-8-10(2)13(9-17)14(18)19/h4-7,10,13H,3,8-9H2,1-2H3,(H,16,20)(H,18,19). The number of anilines is 1. The van der Waals surface area contributed by atoms with Crippen LogP contribution < -0.4 is 5.32 Å². The molecule has 0 spiro atoms. The summed E-state index contributed by atoms with van der Waals surface area (Å²) in [6, 6.07) is 7.45. The van der Waals surface area contributed by atoms with Gasteiger partial charge >= 0.3 is 12.0 Å². The molecule has 0 aliphatic carbocycles. The van der Waals surface area contributed by atoms with E-state index in [1.807, 2.05) is 31.2 Å². The van der Waals surface area contributed by atoms with Crippen molar-refractivity contribution >= 4 is 17.7 Å². The molecule has 1 aliphatic heterocycles. The summed E-state index contributed by atoms with van der Waals surface area (Å²) in [6.45, 7) is 4.69. The number of hydrogen-bond donors (Lipinski definition) is 2. The average molecular weight is 276 g/mol. The van der Waals surface area contributed by atoms with Crippen molar-refractivity contribution in [3.8, 4) is 0 Å². The van der Waals surface area contributed by atoms with Gasteiger partial charge in [0, 0.05) is 18.8 Å². The summed E-state index contributed by atoms with van der Waals surface area (Å²) in [5, 5.41) is 11.9. The molecule has 0 saturated carbocycles. The highest BCUT2D eigenvalue weighted by Crippen LogP contribution is 2.24. The van der Waals surface area contributed by atoms with Gasteiger partial charge in [-0.25, -0.2) is 4.79 Å². The van der Waals surface area contributed by atoms with Gasteiger partial charge in [-0.15, -0.1) is 0 Å². The molecule has 1 aromatic rings. The SMILES string of the molecule is CCc1ccc(NC(=O)N2CC(C)C(C(=O)O)C2)cc1. The first-order valence-electron chi connectivity index (χ1n) is 6.89. The maximum atomic E-state index is 12.1. The first kappa shape index (κ1) is 14.4. The maximum absolute atomic E-state index is 12.1. The summed E-state index contributed by atoms with van der Waals surface area (Å²) >= 11 is 0. The van der Waals surface area contributed by atoms with E-state index in [4.69, 9.17) is 5.11 Å². The van der Waals surface area contributed by atoms with Crippen LogP contribution in [0.3, 0.4) is 0 Å². The Morgan fingerprint density at radius 3 is 2.45 bits per heavy atom. The molecule has 0 aromatic heterocycles. The zero-order valence-corrected chi connectivity index (χ0v) is 11.8. The van der Waals surface area contributed by atoms with Crippen LogP contribution in [-0.4, -0.2) is 35.1 Å².